The summed E-state index contributed by atoms with van der Waals surface area (Å²) in [7, 11) is 4.13. The first-order valence-corrected chi connectivity index (χ1v) is 5.15. The van der Waals surface area contributed by atoms with E-state index >= 15 is 0 Å². The zero-order valence-electron chi connectivity index (χ0n) is 8.70. The van der Waals surface area contributed by atoms with Gasteiger partial charge in [0.15, 0.2) is 0 Å². The summed E-state index contributed by atoms with van der Waals surface area (Å²) >= 11 is 5.83. The molecule has 0 fully saturated rings. The Hall–Kier alpha value is -0.570. The maximum atomic E-state index is 5.83. The van der Waals surface area contributed by atoms with Gasteiger partial charge in [0, 0.05) is 11.1 Å². The maximum absolute atomic E-state index is 5.83. The Morgan fingerprint density at radius 2 is 1.86 bits per heavy atom. The fourth-order valence-corrected chi connectivity index (χ4v) is 1.69. The lowest BCUT2D eigenvalue weighted by molar-refractivity contribution is 0.287. The van der Waals surface area contributed by atoms with Crippen LogP contribution in [0.5, 0.6) is 0 Å². The van der Waals surface area contributed by atoms with Crippen molar-refractivity contribution in [2.45, 2.75) is 12.5 Å². The van der Waals surface area contributed by atoms with Gasteiger partial charge < -0.3 is 10.6 Å². The van der Waals surface area contributed by atoms with E-state index in [1.165, 1.54) is 5.56 Å². The molecular formula is C11H17ClN2. The van der Waals surface area contributed by atoms with Crippen molar-refractivity contribution >= 4 is 11.6 Å². The lowest BCUT2D eigenvalue weighted by atomic mass is 10.0. The minimum atomic E-state index is 0.386. The summed E-state index contributed by atoms with van der Waals surface area (Å²) in [5.74, 6) is 0. The summed E-state index contributed by atoms with van der Waals surface area (Å²) in [6.07, 6.45) is 0.967. The van der Waals surface area contributed by atoms with Gasteiger partial charge in [-0.05, 0) is 44.8 Å². The van der Waals surface area contributed by atoms with Crippen LogP contribution in [0.1, 0.15) is 18.0 Å². The van der Waals surface area contributed by atoms with Crippen LogP contribution in [0.4, 0.5) is 0 Å². The molecule has 0 saturated carbocycles. The molecule has 0 amide bonds. The number of nitrogens with zero attached hydrogens (tertiary/aromatic N) is 1. The predicted octanol–water partition coefficient (Wildman–Crippen LogP) is 2.29. The highest BCUT2D eigenvalue weighted by Crippen LogP contribution is 2.22. The molecule has 78 valence electrons. The monoisotopic (exact) mass is 212 g/mol. The van der Waals surface area contributed by atoms with Gasteiger partial charge in [-0.3, -0.25) is 0 Å². The second-order valence-electron chi connectivity index (χ2n) is 3.61. The van der Waals surface area contributed by atoms with Crippen LogP contribution in [0.25, 0.3) is 0 Å². The van der Waals surface area contributed by atoms with Crippen molar-refractivity contribution in [1.29, 1.82) is 0 Å². The number of benzene rings is 1. The Morgan fingerprint density at radius 1 is 1.29 bits per heavy atom. The maximum Gasteiger partial charge on any atom is 0.0406 e. The third-order valence-corrected chi connectivity index (χ3v) is 2.57. The fourth-order valence-electron chi connectivity index (χ4n) is 1.57. The van der Waals surface area contributed by atoms with Crippen molar-refractivity contribution in [1.82, 2.24) is 4.90 Å². The lowest BCUT2D eigenvalue weighted by Crippen LogP contribution is -2.22. The van der Waals surface area contributed by atoms with E-state index in [1.54, 1.807) is 0 Å². The van der Waals surface area contributed by atoms with E-state index in [9.17, 15) is 0 Å². The first-order chi connectivity index (χ1) is 6.65. The quantitative estimate of drug-likeness (QED) is 0.830. The van der Waals surface area contributed by atoms with Crippen molar-refractivity contribution in [3.05, 3.63) is 34.9 Å². The molecule has 0 saturated heterocycles. The van der Waals surface area contributed by atoms with Crippen LogP contribution in [-0.4, -0.2) is 25.5 Å². The van der Waals surface area contributed by atoms with Crippen molar-refractivity contribution in [2.24, 2.45) is 5.73 Å². The molecule has 0 bridgehead atoms. The molecule has 0 spiro atoms. The predicted molar refractivity (Wildman–Crippen MR) is 61.6 cm³/mol. The first kappa shape index (κ1) is 11.5. The normalized spacial score (nSPS) is 13.2. The second kappa shape index (κ2) is 5.35. The standard InChI is InChI=1S/C11H17ClN2/c1-14(2)11(7-8-13)9-3-5-10(12)6-4-9/h3-6,11H,7-8,13H2,1-2H3. The molecule has 0 aliphatic heterocycles. The number of hydrogen-bond acceptors (Lipinski definition) is 2. The lowest BCUT2D eigenvalue weighted by Gasteiger charge is -2.24. The number of halogens is 1. The molecule has 14 heavy (non-hydrogen) atoms. The summed E-state index contributed by atoms with van der Waals surface area (Å²) in [6, 6.07) is 8.34. The van der Waals surface area contributed by atoms with Crippen LogP contribution < -0.4 is 5.73 Å². The van der Waals surface area contributed by atoms with Crippen LogP contribution in [0.3, 0.4) is 0 Å². The summed E-state index contributed by atoms with van der Waals surface area (Å²) in [5.41, 5.74) is 6.85. The SMILES string of the molecule is CN(C)C(CCN)c1ccc(Cl)cc1. The Labute approximate surface area is 90.7 Å². The topological polar surface area (TPSA) is 29.3 Å². The highest BCUT2D eigenvalue weighted by molar-refractivity contribution is 6.30. The van der Waals surface area contributed by atoms with Gasteiger partial charge in [0.25, 0.3) is 0 Å². The molecule has 2 nitrogen and oxygen atoms in total. The van der Waals surface area contributed by atoms with Crippen LogP contribution in [0.15, 0.2) is 24.3 Å². The van der Waals surface area contributed by atoms with E-state index < -0.39 is 0 Å². The molecule has 2 N–H and O–H groups in total. The molecule has 0 heterocycles. The molecule has 1 unspecified atom stereocenters. The van der Waals surface area contributed by atoms with Gasteiger partial charge >= 0.3 is 0 Å². The number of rotatable bonds is 4. The smallest absolute Gasteiger partial charge is 0.0406 e. The van der Waals surface area contributed by atoms with Gasteiger partial charge in [-0.2, -0.15) is 0 Å². The van der Waals surface area contributed by atoms with Crippen molar-refractivity contribution in [3.8, 4) is 0 Å². The van der Waals surface area contributed by atoms with E-state index in [4.69, 9.17) is 17.3 Å². The van der Waals surface area contributed by atoms with E-state index in [0.717, 1.165) is 11.4 Å². The number of hydrogen-bond donors (Lipinski definition) is 1. The zero-order valence-corrected chi connectivity index (χ0v) is 9.46. The number of nitrogens with two attached hydrogens (primary N) is 1. The molecule has 1 atom stereocenters. The Morgan fingerprint density at radius 3 is 2.29 bits per heavy atom. The van der Waals surface area contributed by atoms with Crippen molar-refractivity contribution < 1.29 is 0 Å². The third kappa shape index (κ3) is 2.98. The molecule has 0 aromatic heterocycles. The average Bonchev–Trinajstić information content (AvgIpc) is 2.15. The van der Waals surface area contributed by atoms with E-state index in [0.29, 0.717) is 12.6 Å². The fraction of sp³-hybridized carbons (Fsp3) is 0.455. The Bertz CT molecular complexity index is 269. The summed E-state index contributed by atoms with van der Waals surface area (Å²) in [4.78, 5) is 2.18. The molecular weight excluding hydrogens is 196 g/mol. The molecule has 1 aromatic rings. The van der Waals surface area contributed by atoms with Gasteiger partial charge in [0.05, 0.1) is 0 Å². The Balaban J connectivity index is 2.82. The van der Waals surface area contributed by atoms with Gasteiger partial charge in [-0.15, -0.1) is 0 Å². The van der Waals surface area contributed by atoms with E-state index in [2.05, 4.69) is 31.1 Å². The van der Waals surface area contributed by atoms with Gasteiger partial charge in [-0.25, -0.2) is 0 Å². The zero-order chi connectivity index (χ0) is 10.6. The van der Waals surface area contributed by atoms with Crippen LogP contribution in [-0.2, 0) is 0 Å². The minimum Gasteiger partial charge on any atom is -0.330 e. The molecule has 0 aliphatic rings. The molecule has 1 rings (SSSR count). The van der Waals surface area contributed by atoms with Crippen molar-refractivity contribution in [3.63, 3.8) is 0 Å². The highest BCUT2D eigenvalue weighted by Gasteiger charge is 2.12. The molecule has 3 heteroatoms. The van der Waals surface area contributed by atoms with Gasteiger partial charge in [0.1, 0.15) is 0 Å². The van der Waals surface area contributed by atoms with Crippen molar-refractivity contribution in [2.75, 3.05) is 20.6 Å². The summed E-state index contributed by atoms with van der Waals surface area (Å²) in [6.45, 7) is 0.700. The largest absolute Gasteiger partial charge is 0.330 e. The summed E-state index contributed by atoms with van der Waals surface area (Å²) < 4.78 is 0. The molecule has 0 aliphatic carbocycles. The van der Waals surface area contributed by atoms with Gasteiger partial charge in [0.2, 0.25) is 0 Å². The molecule has 0 radical (unpaired) electrons. The summed E-state index contributed by atoms with van der Waals surface area (Å²) in [5, 5.41) is 0.777. The first-order valence-electron chi connectivity index (χ1n) is 4.77. The second-order valence-corrected chi connectivity index (χ2v) is 4.04. The van der Waals surface area contributed by atoms with Crippen LogP contribution in [0, 0.1) is 0 Å². The van der Waals surface area contributed by atoms with Crippen LogP contribution >= 0.6 is 11.6 Å². The van der Waals surface area contributed by atoms with Crippen LogP contribution in [0.2, 0.25) is 5.02 Å². The Kier molecular flexibility index (Phi) is 4.39. The van der Waals surface area contributed by atoms with Gasteiger partial charge in [-0.1, -0.05) is 23.7 Å². The third-order valence-electron chi connectivity index (χ3n) is 2.32. The minimum absolute atomic E-state index is 0.386. The average molecular weight is 213 g/mol. The highest BCUT2D eigenvalue weighted by atomic mass is 35.5. The molecule has 1 aromatic carbocycles. The van der Waals surface area contributed by atoms with E-state index in [-0.39, 0.29) is 0 Å². The van der Waals surface area contributed by atoms with E-state index in [1.807, 2.05) is 12.1 Å².